The number of nitrogens with two attached hydrogens (primary N) is 1. The Labute approximate surface area is 126 Å². The summed E-state index contributed by atoms with van der Waals surface area (Å²) in [6.45, 7) is 1.63. The molecule has 0 fully saturated rings. The number of nitrogens with zero attached hydrogens (tertiary/aromatic N) is 3. The van der Waals surface area contributed by atoms with Crippen molar-refractivity contribution in [3.05, 3.63) is 52.0 Å². The first kappa shape index (κ1) is 15.2. The summed E-state index contributed by atoms with van der Waals surface area (Å²) < 4.78 is 15.7. The predicted molar refractivity (Wildman–Crippen MR) is 80.9 cm³/mol. The van der Waals surface area contributed by atoms with Gasteiger partial charge in [-0.3, -0.25) is 4.68 Å². The fourth-order valence-corrected chi connectivity index (χ4v) is 2.52. The largest absolute Gasteiger partial charge is 0.319 e. The third-order valence-electron chi connectivity index (χ3n) is 3.12. The van der Waals surface area contributed by atoms with E-state index in [1.165, 1.54) is 12.1 Å². The minimum absolute atomic E-state index is 0.263. The summed E-state index contributed by atoms with van der Waals surface area (Å²) in [5.41, 5.74) is 8.05. The molecule has 2 N–H and O–H groups in total. The van der Waals surface area contributed by atoms with E-state index >= 15 is 0 Å². The van der Waals surface area contributed by atoms with E-state index < -0.39 is 0 Å². The summed E-state index contributed by atoms with van der Waals surface area (Å²) >= 11 is 3.49. The van der Waals surface area contributed by atoms with Crippen LogP contribution in [0.3, 0.4) is 0 Å². The third-order valence-corrected chi connectivity index (χ3v) is 3.73. The van der Waals surface area contributed by atoms with Crippen molar-refractivity contribution in [3.8, 4) is 0 Å². The molecule has 1 aromatic heterocycles. The molecule has 0 saturated heterocycles. The zero-order chi connectivity index (χ0) is 14.7. The third kappa shape index (κ3) is 3.45. The van der Waals surface area contributed by atoms with Crippen molar-refractivity contribution in [2.45, 2.75) is 12.6 Å². The summed E-state index contributed by atoms with van der Waals surface area (Å²) in [4.78, 5) is 2.09. The molecule has 0 radical (unpaired) electrons. The molecule has 0 spiro atoms. The normalized spacial score (nSPS) is 12.9. The molecular formula is C14H18BrFN4. The number of rotatable bonds is 5. The van der Waals surface area contributed by atoms with Gasteiger partial charge in [-0.15, -0.1) is 0 Å². The fourth-order valence-electron chi connectivity index (χ4n) is 1.98. The van der Waals surface area contributed by atoms with Crippen LogP contribution < -0.4 is 5.73 Å². The van der Waals surface area contributed by atoms with Crippen LogP contribution in [0, 0.1) is 5.82 Å². The van der Waals surface area contributed by atoms with E-state index in [2.05, 4.69) is 25.9 Å². The van der Waals surface area contributed by atoms with Crippen LogP contribution in [0.15, 0.2) is 34.9 Å². The van der Waals surface area contributed by atoms with Crippen LogP contribution in [-0.2, 0) is 6.54 Å². The topological polar surface area (TPSA) is 47.1 Å². The molecule has 6 heteroatoms. The van der Waals surface area contributed by atoms with Crippen LogP contribution in [0.1, 0.15) is 17.3 Å². The van der Waals surface area contributed by atoms with E-state index in [1.54, 1.807) is 18.3 Å². The first-order chi connectivity index (χ1) is 9.49. The van der Waals surface area contributed by atoms with E-state index in [9.17, 15) is 4.39 Å². The standard InChI is InChI=1S/C14H18BrFN4/c1-19(2)7-8-20-14(12(15)9-18-20)13(17)10-3-5-11(16)6-4-10/h3-6,9,13H,7-8,17H2,1-2H3. The van der Waals surface area contributed by atoms with Crippen LogP contribution in [0.4, 0.5) is 4.39 Å². The Hall–Kier alpha value is -1.24. The van der Waals surface area contributed by atoms with Gasteiger partial charge in [0, 0.05) is 6.54 Å². The lowest BCUT2D eigenvalue weighted by molar-refractivity contribution is 0.368. The van der Waals surface area contributed by atoms with Gasteiger partial charge in [0.2, 0.25) is 0 Å². The Morgan fingerprint density at radius 2 is 2.00 bits per heavy atom. The molecule has 0 saturated carbocycles. The maximum atomic E-state index is 13.0. The van der Waals surface area contributed by atoms with E-state index in [0.29, 0.717) is 0 Å². The highest BCUT2D eigenvalue weighted by molar-refractivity contribution is 9.10. The lowest BCUT2D eigenvalue weighted by atomic mass is 10.0. The van der Waals surface area contributed by atoms with Crippen molar-refractivity contribution >= 4 is 15.9 Å². The van der Waals surface area contributed by atoms with Crippen LogP contribution >= 0.6 is 15.9 Å². The van der Waals surface area contributed by atoms with Crippen LogP contribution in [0.2, 0.25) is 0 Å². The number of halogens is 2. The van der Waals surface area contributed by atoms with E-state index in [1.807, 2.05) is 18.8 Å². The summed E-state index contributed by atoms with van der Waals surface area (Å²) in [5.74, 6) is -0.263. The van der Waals surface area contributed by atoms with Crippen molar-refractivity contribution in [1.82, 2.24) is 14.7 Å². The summed E-state index contributed by atoms with van der Waals surface area (Å²) in [6, 6.07) is 5.91. The van der Waals surface area contributed by atoms with Gasteiger partial charge in [-0.05, 0) is 47.7 Å². The molecule has 108 valence electrons. The first-order valence-electron chi connectivity index (χ1n) is 6.36. The Morgan fingerprint density at radius 1 is 1.35 bits per heavy atom. The Balaban J connectivity index is 2.26. The number of aromatic nitrogens is 2. The van der Waals surface area contributed by atoms with Gasteiger partial charge in [-0.25, -0.2) is 4.39 Å². The molecule has 0 aliphatic rings. The van der Waals surface area contributed by atoms with Crippen molar-refractivity contribution in [2.75, 3.05) is 20.6 Å². The second-order valence-corrected chi connectivity index (χ2v) is 5.79. The van der Waals surface area contributed by atoms with Gasteiger partial charge < -0.3 is 10.6 Å². The summed E-state index contributed by atoms with van der Waals surface area (Å²) in [7, 11) is 4.02. The summed E-state index contributed by atoms with van der Waals surface area (Å²) in [6.07, 6.45) is 1.74. The van der Waals surface area contributed by atoms with Gasteiger partial charge >= 0.3 is 0 Å². The number of likely N-dealkylation sites (N-methyl/N-ethyl adjacent to an activating group) is 1. The van der Waals surface area contributed by atoms with Gasteiger partial charge in [-0.2, -0.15) is 5.10 Å². The zero-order valence-electron chi connectivity index (χ0n) is 11.6. The van der Waals surface area contributed by atoms with Crippen LogP contribution in [-0.4, -0.2) is 35.3 Å². The number of hydrogen-bond acceptors (Lipinski definition) is 3. The van der Waals surface area contributed by atoms with Crippen molar-refractivity contribution in [2.24, 2.45) is 5.73 Å². The van der Waals surface area contributed by atoms with Gasteiger partial charge in [0.15, 0.2) is 0 Å². The Bertz CT molecular complexity index is 565. The molecule has 1 atom stereocenters. The maximum absolute atomic E-state index is 13.0. The SMILES string of the molecule is CN(C)CCn1ncc(Br)c1C(N)c1ccc(F)cc1. The minimum atomic E-state index is -0.338. The molecule has 2 rings (SSSR count). The number of hydrogen-bond donors (Lipinski definition) is 1. The van der Waals surface area contributed by atoms with E-state index in [4.69, 9.17) is 5.73 Å². The first-order valence-corrected chi connectivity index (χ1v) is 7.15. The molecule has 2 aromatic rings. The lowest BCUT2D eigenvalue weighted by Gasteiger charge is -2.17. The monoisotopic (exact) mass is 340 g/mol. The lowest BCUT2D eigenvalue weighted by Crippen LogP contribution is -2.23. The predicted octanol–water partition coefficient (Wildman–Crippen LogP) is 2.39. The minimum Gasteiger partial charge on any atom is -0.319 e. The van der Waals surface area contributed by atoms with Gasteiger partial charge in [0.25, 0.3) is 0 Å². The van der Waals surface area contributed by atoms with Crippen molar-refractivity contribution in [1.29, 1.82) is 0 Å². The van der Waals surface area contributed by atoms with Gasteiger partial charge in [0.05, 0.1) is 29.0 Å². The molecule has 1 heterocycles. The van der Waals surface area contributed by atoms with Crippen LogP contribution in [0.25, 0.3) is 0 Å². The number of benzene rings is 1. The van der Waals surface area contributed by atoms with Gasteiger partial charge in [0.1, 0.15) is 5.82 Å². The maximum Gasteiger partial charge on any atom is 0.123 e. The highest BCUT2D eigenvalue weighted by Crippen LogP contribution is 2.26. The highest BCUT2D eigenvalue weighted by Gasteiger charge is 2.18. The summed E-state index contributed by atoms with van der Waals surface area (Å²) in [5, 5.41) is 4.34. The molecule has 0 aliphatic heterocycles. The molecule has 0 aliphatic carbocycles. The molecule has 0 bridgehead atoms. The molecule has 1 aromatic carbocycles. The second-order valence-electron chi connectivity index (χ2n) is 4.93. The van der Waals surface area contributed by atoms with Crippen LogP contribution in [0.5, 0.6) is 0 Å². The fraction of sp³-hybridized carbons (Fsp3) is 0.357. The van der Waals surface area contributed by atoms with E-state index in [0.717, 1.165) is 28.8 Å². The Kier molecular flexibility index (Phi) is 4.91. The highest BCUT2D eigenvalue weighted by atomic mass is 79.9. The van der Waals surface area contributed by atoms with E-state index in [-0.39, 0.29) is 11.9 Å². The molecule has 0 amide bonds. The zero-order valence-corrected chi connectivity index (χ0v) is 13.1. The molecular weight excluding hydrogens is 323 g/mol. The van der Waals surface area contributed by atoms with Gasteiger partial charge in [-0.1, -0.05) is 12.1 Å². The second kappa shape index (κ2) is 6.47. The molecule has 1 unspecified atom stereocenters. The molecule has 20 heavy (non-hydrogen) atoms. The average Bonchev–Trinajstić information content (AvgIpc) is 2.77. The smallest absolute Gasteiger partial charge is 0.123 e. The Morgan fingerprint density at radius 3 is 2.60 bits per heavy atom. The average molecular weight is 341 g/mol. The quantitative estimate of drug-likeness (QED) is 0.909. The van der Waals surface area contributed by atoms with Crippen molar-refractivity contribution in [3.63, 3.8) is 0 Å². The molecule has 4 nitrogen and oxygen atoms in total. The van der Waals surface area contributed by atoms with Crippen molar-refractivity contribution < 1.29 is 4.39 Å².